The number of nitriles is 1. The second-order valence-electron chi connectivity index (χ2n) is 7.14. The van der Waals surface area contributed by atoms with Crippen LogP contribution in [0.3, 0.4) is 0 Å². The van der Waals surface area contributed by atoms with Gasteiger partial charge < -0.3 is 10.2 Å². The molecule has 2 fully saturated rings. The number of aryl methyl sites for hydroxylation is 1. The van der Waals surface area contributed by atoms with Gasteiger partial charge in [0, 0.05) is 44.1 Å². The van der Waals surface area contributed by atoms with E-state index < -0.39 is 0 Å². The van der Waals surface area contributed by atoms with Crippen molar-refractivity contribution >= 4 is 11.6 Å². The quantitative estimate of drug-likeness (QED) is 0.912. The number of carbonyl (C=O) groups is 1. The van der Waals surface area contributed by atoms with Crippen molar-refractivity contribution in [2.75, 3.05) is 26.0 Å². The lowest BCUT2D eigenvalue weighted by atomic mass is 9.96. The van der Waals surface area contributed by atoms with Gasteiger partial charge in [-0.3, -0.25) is 14.7 Å². The average Bonchev–Trinajstić information content (AvgIpc) is 2.77. The molecule has 0 saturated carbocycles. The van der Waals surface area contributed by atoms with Crippen LogP contribution in [0.2, 0.25) is 0 Å². The van der Waals surface area contributed by atoms with Gasteiger partial charge in [-0.15, -0.1) is 0 Å². The number of pyridine rings is 1. The summed E-state index contributed by atoms with van der Waals surface area (Å²) in [6, 6.07) is 5.42. The molecule has 1 N–H and O–H groups in total. The van der Waals surface area contributed by atoms with Crippen molar-refractivity contribution in [2.45, 2.75) is 50.7 Å². The molecule has 0 aliphatic carbocycles. The van der Waals surface area contributed by atoms with Crippen LogP contribution in [0, 0.1) is 18.3 Å². The first kappa shape index (κ1) is 16.7. The van der Waals surface area contributed by atoms with Gasteiger partial charge in [0.2, 0.25) is 5.91 Å². The minimum absolute atomic E-state index is 0.176. The van der Waals surface area contributed by atoms with E-state index in [0.29, 0.717) is 30.2 Å². The number of fused-ring (bicyclic) bond motifs is 2. The van der Waals surface area contributed by atoms with Crippen LogP contribution in [0.4, 0.5) is 5.69 Å². The number of aromatic nitrogens is 1. The molecule has 3 heterocycles. The van der Waals surface area contributed by atoms with Gasteiger partial charge in [-0.05, 0) is 38.7 Å². The molecular weight excluding hydrogens is 302 g/mol. The highest BCUT2D eigenvalue weighted by Crippen LogP contribution is 2.37. The molecule has 1 aromatic heterocycles. The van der Waals surface area contributed by atoms with Crippen molar-refractivity contribution in [1.82, 2.24) is 14.8 Å². The molecule has 2 atom stereocenters. The van der Waals surface area contributed by atoms with E-state index in [0.717, 1.165) is 37.1 Å². The molecule has 2 bridgehead atoms. The SMILES string of the molecule is Cc1cc(NC2CC3CCC(C2)N3CC(=O)N(C)C)c(C#N)cn1. The van der Waals surface area contributed by atoms with Crippen LogP contribution in [-0.4, -0.2) is 59.5 Å². The molecule has 2 unspecified atom stereocenters. The highest BCUT2D eigenvalue weighted by atomic mass is 16.2. The summed E-state index contributed by atoms with van der Waals surface area (Å²) in [6.45, 7) is 2.46. The third-order valence-electron chi connectivity index (χ3n) is 5.22. The Morgan fingerprint density at radius 2 is 2.08 bits per heavy atom. The molecule has 0 spiro atoms. The molecule has 3 rings (SSSR count). The molecule has 24 heavy (non-hydrogen) atoms. The van der Waals surface area contributed by atoms with Crippen LogP contribution >= 0.6 is 0 Å². The molecule has 0 radical (unpaired) electrons. The highest BCUT2D eigenvalue weighted by molar-refractivity contribution is 5.77. The number of hydrogen-bond donors (Lipinski definition) is 1. The molecule has 1 aromatic rings. The van der Waals surface area contributed by atoms with Crippen LogP contribution < -0.4 is 5.32 Å². The first-order valence-electron chi connectivity index (χ1n) is 8.57. The van der Waals surface area contributed by atoms with Gasteiger partial charge in [0.05, 0.1) is 17.8 Å². The maximum absolute atomic E-state index is 12.0. The fourth-order valence-electron chi connectivity index (χ4n) is 3.94. The molecular formula is C18H25N5O. The lowest BCUT2D eigenvalue weighted by Gasteiger charge is -2.39. The van der Waals surface area contributed by atoms with E-state index in [-0.39, 0.29) is 5.91 Å². The van der Waals surface area contributed by atoms with Crippen LogP contribution in [0.1, 0.15) is 36.9 Å². The summed E-state index contributed by atoms with van der Waals surface area (Å²) in [5.41, 5.74) is 2.39. The minimum atomic E-state index is 0.176. The third-order valence-corrected chi connectivity index (χ3v) is 5.22. The Balaban J connectivity index is 1.67. The summed E-state index contributed by atoms with van der Waals surface area (Å²) in [7, 11) is 3.63. The van der Waals surface area contributed by atoms with Crippen LogP contribution in [0.15, 0.2) is 12.3 Å². The van der Waals surface area contributed by atoms with Gasteiger partial charge in [0.1, 0.15) is 6.07 Å². The topological polar surface area (TPSA) is 72.3 Å². The summed E-state index contributed by atoms with van der Waals surface area (Å²) in [5.74, 6) is 0.176. The van der Waals surface area contributed by atoms with Crippen molar-refractivity contribution in [2.24, 2.45) is 0 Å². The summed E-state index contributed by atoms with van der Waals surface area (Å²) in [4.78, 5) is 20.3. The van der Waals surface area contributed by atoms with Crippen LogP contribution in [-0.2, 0) is 4.79 Å². The average molecular weight is 327 g/mol. The number of nitrogens with one attached hydrogen (secondary N) is 1. The van der Waals surface area contributed by atoms with Gasteiger partial charge in [-0.1, -0.05) is 0 Å². The maximum Gasteiger partial charge on any atom is 0.236 e. The van der Waals surface area contributed by atoms with Gasteiger partial charge >= 0.3 is 0 Å². The van der Waals surface area contributed by atoms with E-state index in [1.54, 1.807) is 11.1 Å². The number of likely N-dealkylation sites (N-methyl/N-ethyl adjacent to an activating group) is 1. The van der Waals surface area contributed by atoms with Crippen molar-refractivity contribution in [3.05, 3.63) is 23.5 Å². The van der Waals surface area contributed by atoms with Crippen molar-refractivity contribution in [3.63, 3.8) is 0 Å². The minimum Gasteiger partial charge on any atom is -0.381 e. The predicted molar refractivity (Wildman–Crippen MR) is 92.5 cm³/mol. The zero-order chi connectivity index (χ0) is 17.3. The van der Waals surface area contributed by atoms with E-state index >= 15 is 0 Å². The summed E-state index contributed by atoms with van der Waals surface area (Å²) in [5, 5.41) is 12.8. The van der Waals surface area contributed by atoms with Crippen LogP contribution in [0.5, 0.6) is 0 Å². The Morgan fingerprint density at radius 1 is 1.42 bits per heavy atom. The van der Waals surface area contributed by atoms with Gasteiger partial charge in [-0.2, -0.15) is 5.26 Å². The highest BCUT2D eigenvalue weighted by Gasteiger charge is 2.41. The molecule has 128 valence electrons. The molecule has 0 aromatic carbocycles. The number of amides is 1. The summed E-state index contributed by atoms with van der Waals surface area (Å²) >= 11 is 0. The van der Waals surface area contributed by atoms with E-state index in [4.69, 9.17) is 0 Å². The molecule has 2 aliphatic heterocycles. The number of rotatable bonds is 4. The normalized spacial score (nSPS) is 26.0. The molecule has 1 amide bonds. The Morgan fingerprint density at radius 3 is 2.67 bits per heavy atom. The largest absolute Gasteiger partial charge is 0.381 e. The number of anilines is 1. The smallest absolute Gasteiger partial charge is 0.236 e. The van der Waals surface area contributed by atoms with E-state index in [1.165, 1.54) is 0 Å². The standard InChI is InChI=1S/C18H25N5O/c1-12-6-17(13(9-19)10-20-12)21-14-7-15-4-5-16(8-14)23(15)11-18(24)22(2)3/h6,10,14-16H,4-5,7-8,11H2,1-3H3,(H,20,21). The Labute approximate surface area is 143 Å². The second-order valence-corrected chi connectivity index (χ2v) is 7.14. The first-order chi connectivity index (χ1) is 11.5. The maximum atomic E-state index is 12.0. The molecule has 2 saturated heterocycles. The Bertz CT molecular complexity index is 652. The lowest BCUT2D eigenvalue weighted by molar-refractivity contribution is -0.131. The predicted octanol–water partition coefficient (Wildman–Crippen LogP) is 1.76. The van der Waals surface area contributed by atoms with Gasteiger partial charge in [0.25, 0.3) is 0 Å². The Hall–Kier alpha value is -2.13. The van der Waals surface area contributed by atoms with E-state index in [2.05, 4.69) is 21.3 Å². The van der Waals surface area contributed by atoms with Crippen LogP contribution in [0.25, 0.3) is 0 Å². The molecule has 2 aliphatic rings. The third kappa shape index (κ3) is 3.36. The Kier molecular flexibility index (Phi) is 4.72. The van der Waals surface area contributed by atoms with Gasteiger partial charge in [-0.25, -0.2) is 0 Å². The van der Waals surface area contributed by atoms with Crippen molar-refractivity contribution in [3.8, 4) is 6.07 Å². The fourth-order valence-corrected chi connectivity index (χ4v) is 3.94. The number of piperidine rings is 1. The first-order valence-corrected chi connectivity index (χ1v) is 8.57. The second kappa shape index (κ2) is 6.78. The van der Waals surface area contributed by atoms with Crippen molar-refractivity contribution < 1.29 is 4.79 Å². The summed E-state index contributed by atoms with van der Waals surface area (Å²) < 4.78 is 0. The zero-order valence-electron chi connectivity index (χ0n) is 14.6. The number of nitrogens with zero attached hydrogens (tertiary/aromatic N) is 4. The molecule has 6 heteroatoms. The van der Waals surface area contributed by atoms with E-state index in [1.807, 2.05) is 27.1 Å². The number of hydrogen-bond acceptors (Lipinski definition) is 5. The van der Waals surface area contributed by atoms with Crippen molar-refractivity contribution in [1.29, 1.82) is 5.26 Å². The summed E-state index contributed by atoms with van der Waals surface area (Å²) in [6.07, 6.45) is 5.98. The molecule has 6 nitrogen and oxygen atoms in total. The number of carbonyl (C=O) groups excluding carboxylic acids is 1. The monoisotopic (exact) mass is 327 g/mol. The fraction of sp³-hybridized carbons (Fsp3) is 0.611. The lowest BCUT2D eigenvalue weighted by Crippen LogP contribution is -2.50. The van der Waals surface area contributed by atoms with E-state index in [9.17, 15) is 10.1 Å². The van der Waals surface area contributed by atoms with Gasteiger partial charge in [0.15, 0.2) is 0 Å². The zero-order valence-corrected chi connectivity index (χ0v) is 14.6.